The maximum atomic E-state index is 7.04. The van der Waals surface area contributed by atoms with Gasteiger partial charge in [0.15, 0.2) is 0 Å². The maximum absolute atomic E-state index is 7.04. The molecule has 0 atom stereocenters. The van der Waals surface area contributed by atoms with Crippen molar-refractivity contribution in [2.24, 2.45) is 0 Å². The molecule has 0 N–H and O–H groups in total. The molecule has 0 spiro atoms. The normalized spacial score (nSPS) is 15.4. The van der Waals surface area contributed by atoms with Gasteiger partial charge in [0.1, 0.15) is 22.3 Å². The number of aryl methyl sites for hydroxylation is 2. The van der Waals surface area contributed by atoms with Crippen LogP contribution >= 0.6 is 0 Å². The van der Waals surface area contributed by atoms with Crippen molar-refractivity contribution < 1.29 is 8.83 Å². The predicted octanol–water partition coefficient (Wildman–Crippen LogP) is 17.6. The maximum Gasteiger partial charge on any atom is 0.145 e. The molecule has 0 saturated heterocycles. The summed E-state index contributed by atoms with van der Waals surface area (Å²) in [5, 5.41) is 4.68. The first kappa shape index (κ1) is 39.5. The van der Waals surface area contributed by atoms with Crippen molar-refractivity contribution in [2.45, 2.75) is 71.6 Å². The van der Waals surface area contributed by atoms with Crippen LogP contribution in [0.3, 0.4) is 0 Å². The van der Waals surface area contributed by atoms with Gasteiger partial charge in [0.2, 0.25) is 0 Å². The van der Waals surface area contributed by atoms with Gasteiger partial charge in [0.25, 0.3) is 0 Å². The lowest BCUT2D eigenvalue weighted by molar-refractivity contribution is 0.600. The van der Waals surface area contributed by atoms with Crippen LogP contribution in [0.25, 0.3) is 88.5 Å². The van der Waals surface area contributed by atoms with E-state index in [-0.39, 0.29) is 16.2 Å². The SMILES string of the molecule is Cc1ccc(N(c2ccc3c(c2)C(C)(C)c2cc(-c4ccccn4)c4oc5ccccc5c4c2-3)c2ccc3c(c2)C(C)(C)c2c4c(c5c(oc6ccccc65)c2-3)-c2ccccc2C4(C)C)c(C)c1. The quantitative estimate of drug-likeness (QED) is 0.177. The number of aromatic nitrogens is 1. The third-order valence-corrected chi connectivity index (χ3v) is 16.2. The second-order valence-corrected chi connectivity index (χ2v) is 21.2. The molecule has 11 aromatic rings. The molecule has 0 fully saturated rings. The number of furan rings is 2. The molecular formula is C64H50N2O2. The molecule has 0 radical (unpaired) electrons. The molecule has 4 heteroatoms. The smallest absolute Gasteiger partial charge is 0.145 e. The van der Waals surface area contributed by atoms with Crippen LogP contribution in [0.4, 0.5) is 17.1 Å². The first-order valence-electron chi connectivity index (χ1n) is 24.0. The van der Waals surface area contributed by atoms with Crippen molar-refractivity contribution in [3.63, 3.8) is 0 Å². The molecule has 0 bridgehead atoms. The second-order valence-electron chi connectivity index (χ2n) is 21.2. The molecule has 0 saturated carbocycles. The molecule has 3 aliphatic carbocycles. The Bertz CT molecular complexity index is 4030. The Morgan fingerprint density at radius 3 is 1.71 bits per heavy atom. The number of anilines is 3. The first-order chi connectivity index (χ1) is 32.8. The molecule has 4 nitrogen and oxygen atoms in total. The zero-order valence-electron chi connectivity index (χ0n) is 39.7. The van der Waals surface area contributed by atoms with E-state index in [9.17, 15) is 0 Å². The standard InChI is InChI=1S/C64H50N2O2/c1-35-24-29-50(36(2)31-35)66(37-25-27-40-46(32-37)62(3,4)48-34-44(49-21-15-16-30-65-49)60-55(53(40)48)42-18-10-13-22-51(42)67-60)38-26-28-41-47(33-38)64(7,8)59-57(41)61-56(43-19-11-14-23-52(43)68-61)54-39-17-9-12-20-45(39)63(5,6)58(54)59/h9-34H,1-8H3. The van der Waals surface area contributed by atoms with Crippen LogP contribution in [0.15, 0.2) is 167 Å². The molecule has 0 aliphatic heterocycles. The van der Waals surface area contributed by atoms with E-state index in [4.69, 9.17) is 13.8 Å². The van der Waals surface area contributed by atoms with E-state index in [0.29, 0.717) is 0 Å². The van der Waals surface area contributed by atoms with Crippen LogP contribution in [0.1, 0.15) is 86.1 Å². The molecular weight excluding hydrogens is 829 g/mol. The summed E-state index contributed by atoms with van der Waals surface area (Å²) in [5.41, 5.74) is 26.3. The number of pyridine rings is 1. The number of rotatable bonds is 4. The van der Waals surface area contributed by atoms with Gasteiger partial charge < -0.3 is 13.7 Å². The zero-order valence-corrected chi connectivity index (χ0v) is 39.7. The summed E-state index contributed by atoms with van der Waals surface area (Å²) < 4.78 is 13.8. The van der Waals surface area contributed by atoms with Crippen molar-refractivity contribution in [3.8, 4) is 44.6 Å². The van der Waals surface area contributed by atoms with Gasteiger partial charge in [-0.25, -0.2) is 0 Å². The van der Waals surface area contributed by atoms with Gasteiger partial charge in [-0.3, -0.25) is 4.98 Å². The van der Waals surface area contributed by atoms with E-state index in [1.807, 2.05) is 12.3 Å². The third-order valence-electron chi connectivity index (χ3n) is 16.2. The van der Waals surface area contributed by atoms with Crippen molar-refractivity contribution in [1.82, 2.24) is 4.98 Å². The highest BCUT2D eigenvalue weighted by Crippen LogP contribution is 2.64. The van der Waals surface area contributed by atoms with Crippen LogP contribution in [0, 0.1) is 13.8 Å². The van der Waals surface area contributed by atoms with Crippen LogP contribution < -0.4 is 4.90 Å². The zero-order chi connectivity index (χ0) is 46.2. The van der Waals surface area contributed by atoms with E-state index < -0.39 is 0 Å². The summed E-state index contributed by atoms with van der Waals surface area (Å²) in [6.07, 6.45) is 1.87. The third kappa shape index (κ3) is 4.97. The van der Waals surface area contributed by atoms with Crippen molar-refractivity contribution in [2.75, 3.05) is 4.90 Å². The predicted molar refractivity (Wildman–Crippen MR) is 281 cm³/mol. The molecule has 14 rings (SSSR count). The first-order valence-corrected chi connectivity index (χ1v) is 24.0. The van der Waals surface area contributed by atoms with Gasteiger partial charge in [-0.05, 0) is 141 Å². The summed E-state index contributed by atoms with van der Waals surface area (Å²) in [6, 6.07) is 55.8. The molecule has 0 unspecified atom stereocenters. The Hall–Kier alpha value is -7.69. The van der Waals surface area contributed by atoms with Gasteiger partial charge in [0, 0.05) is 72.2 Å². The largest absolute Gasteiger partial charge is 0.455 e. The minimum atomic E-state index is -0.336. The van der Waals surface area contributed by atoms with Crippen LogP contribution in [-0.4, -0.2) is 4.98 Å². The van der Waals surface area contributed by atoms with Crippen molar-refractivity contribution in [1.29, 1.82) is 0 Å². The van der Waals surface area contributed by atoms with E-state index in [0.717, 1.165) is 61.4 Å². The Morgan fingerprint density at radius 2 is 1.01 bits per heavy atom. The Balaban J connectivity index is 0.994. The lowest BCUT2D eigenvalue weighted by Crippen LogP contribution is -2.24. The number of hydrogen-bond acceptors (Lipinski definition) is 4. The number of fused-ring (bicyclic) bond motifs is 19. The molecule has 0 amide bonds. The molecule has 3 heterocycles. The monoisotopic (exact) mass is 878 g/mol. The summed E-state index contributed by atoms with van der Waals surface area (Å²) in [6.45, 7) is 18.9. The van der Waals surface area contributed by atoms with E-state index in [2.05, 4.69) is 206 Å². The van der Waals surface area contributed by atoms with Crippen molar-refractivity contribution in [3.05, 3.63) is 202 Å². The number of para-hydroxylation sites is 2. The fourth-order valence-electron chi connectivity index (χ4n) is 13.1. The molecule has 3 aliphatic rings. The highest BCUT2D eigenvalue weighted by Gasteiger charge is 2.49. The van der Waals surface area contributed by atoms with Crippen LogP contribution in [0.5, 0.6) is 0 Å². The van der Waals surface area contributed by atoms with Crippen LogP contribution in [-0.2, 0) is 16.2 Å². The number of hydrogen-bond donors (Lipinski definition) is 0. The molecule has 68 heavy (non-hydrogen) atoms. The molecule has 3 aromatic heterocycles. The highest BCUT2D eigenvalue weighted by molar-refractivity contribution is 6.21. The minimum absolute atomic E-state index is 0.211. The Morgan fingerprint density at radius 1 is 0.441 bits per heavy atom. The molecule has 8 aromatic carbocycles. The Labute approximate surface area is 396 Å². The summed E-state index contributed by atoms with van der Waals surface area (Å²) in [4.78, 5) is 7.34. The summed E-state index contributed by atoms with van der Waals surface area (Å²) >= 11 is 0. The lowest BCUT2D eigenvalue weighted by Gasteiger charge is -2.32. The average molecular weight is 879 g/mol. The van der Waals surface area contributed by atoms with E-state index >= 15 is 0 Å². The summed E-state index contributed by atoms with van der Waals surface area (Å²) in [5.74, 6) is 0. The topological polar surface area (TPSA) is 42.4 Å². The Kier molecular flexibility index (Phi) is 7.70. The average Bonchev–Trinajstić information content (AvgIpc) is 4.09. The van der Waals surface area contributed by atoms with E-state index in [1.54, 1.807) is 0 Å². The van der Waals surface area contributed by atoms with Gasteiger partial charge in [0.05, 0.1) is 5.69 Å². The lowest BCUT2D eigenvalue weighted by atomic mass is 9.72. The van der Waals surface area contributed by atoms with Gasteiger partial charge >= 0.3 is 0 Å². The number of nitrogens with zero attached hydrogens (tertiary/aromatic N) is 2. The van der Waals surface area contributed by atoms with Crippen molar-refractivity contribution >= 4 is 60.9 Å². The van der Waals surface area contributed by atoms with Gasteiger partial charge in [-0.15, -0.1) is 0 Å². The van der Waals surface area contributed by atoms with Gasteiger partial charge in [-0.1, -0.05) is 138 Å². The summed E-state index contributed by atoms with van der Waals surface area (Å²) in [7, 11) is 0. The fraction of sp³-hybridized carbons (Fsp3) is 0.172. The van der Waals surface area contributed by atoms with E-state index in [1.165, 1.54) is 88.7 Å². The van der Waals surface area contributed by atoms with Crippen LogP contribution in [0.2, 0.25) is 0 Å². The molecule has 328 valence electrons. The fourth-order valence-corrected chi connectivity index (χ4v) is 13.1. The van der Waals surface area contributed by atoms with Gasteiger partial charge in [-0.2, -0.15) is 0 Å². The highest BCUT2D eigenvalue weighted by atomic mass is 16.3. The minimum Gasteiger partial charge on any atom is -0.455 e. The second kappa shape index (κ2) is 13.3. The number of benzene rings is 8.